The van der Waals surface area contributed by atoms with Crippen molar-refractivity contribution in [2.24, 2.45) is 0 Å². The highest BCUT2D eigenvalue weighted by Crippen LogP contribution is 2.21. The van der Waals surface area contributed by atoms with Gasteiger partial charge in [-0.1, -0.05) is 17.7 Å². The van der Waals surface area contributed by atoms with Gasteiger partial charge in [-0.2, -0.15) is 0 Å². The van der Waals surface area contributed by atoms with Crippen LogP contribution in [0.1, 0.15) is 25.7 Å². The highest BCUT2D eigenvalue weighted by molar-refractivity contribution is 6.30. The van der Waals surface area contributed by atoms with Gasteiger partial charge in [-0.15, -0.1) is 0 Å². The van der Waals surface area contributed by atoms with Crippen molar-refractivity contribution >= 4 is 11.6 Å². The van der Waals surface area contributed by atoms with Crippen LogP contribution in [0.4, 0.5) is 0 Å². The lowest BCUT2D eigenvalue weighted by Crippen LogP contribution is -2.08. The first-order valence-electron chi connectivity index (χ1n) is 4.68. The second kappa shape index (κ2) is 6.02. The molecule has 0 saturated heterocycles. The third kappa shape index (κ3) is 3.29. The summed E-state index contributed by atoms with van der Waals surface area (Å²) in [6.45, 7) is 5.06. The highest BCUT2D eigenvalue weighted by Gasteiger charge is 2.11. The maximum atomic E-state index is 5.86. The van der Waals surface area contributed by atoms with E-state index in [9.17, 15) is 0 Å². The molecule has 1 radical (unpaired) electrons. The van der Waals surface area contributed by atoms with Gasteiger partial charge >= 0.3 is 0 Å². The molecule has 0 amide bonds. The van der Waals surface area contributed by atoms with Crippen molar-refractivity contribution < 1.29 is 9.47 Å². The standard InChI is InChI=1S/C11H14ClO2/c1-3-13-11(14-4-2)9-6-5-7-10(12)8-9/h5,7-8,11H,3-4H2,1-2H3. The smallest absolute Gasteiger partial charge is 0.184 e. The molecule has 0 aliphatic rings. The Labute approximate surface area is 89.8 Å². The first-order valence-corrected chi connectivity index (χ1v) is 5.06. The van der Waals surface area contributed by atoms with Crippen molar-refractivity contribution in [3.8, 4) is 0 Å². The van der Waals surface area contributed by atoms with E-state index in [1.165, 1.54) is 0 Å². The number of ether oxygens (including phenoxy) is 2. The zero-order valence-electron chi connectivity index (χ0n) is 8.42. The predicted octanol–water partition coefficient (Wildman–Crippen LogP) is 3.21. The number of rotatable bonds is 5. The van der Waals surface area contributed by atoms with Crippen LogP contribution in [0, 0.1) is 6.07 Å². The van der Waals surface area contributed by atoms with E-state index < -0.39 is 0 Å². The molecule has 14 heavy (non-hydrogen) atoms. The van der Waals surface area contributed by atoms with E-state index in [2.05, 4.69) is 6.07 Å². The maximum Gasteiger partial charge on any atom is 0.184 e. The molecule has 1 aromatic rings. The quantitative estimate of drug-likeness (QED) is 0.700. The molecule has 0 N–H and O–H groups in total. The fourth-order valence-corrected chi connectivity index (χ4v) is 1.30. The molecule has 1 rings (SSSR count). The molecule has 0 bridgehead atoms. The summed E-state index contributed by atoms with van der Waals surface area (Å²) in [5, 5.41) is 0.670. The van der Waals surface area contributed by atoms with Gasteiger partial charge in [-0.25, -0.2) is 0 Å². The van der Waals surface area contributed by atoms with Crippen molar-refractivity contribution in [1.29, 1.82) is 0 Å². The van der Waals surface area contributed by atoms with E-state index in [1.807, 2.05) is 13.8 Å². The Morgan fingerprint density at radius 3 is 2.50 bits per heavy atom. The van der Waals surface area contributed by atoms with E-state index >= 15 is 0 Å². The molecule has 77 valence electrons. The van der Waals surface area contributed by atoms with Crippen molar-refractivity contribution in [1.82, 2.24) is 0 Å². The average molecular weight is 214 g/mol. The molecule has 0 atom stereocenters. The zero-order chi connectivity index (χ0) is 10.4. The zero-order valence-corrected chi connectivity index (χ0v) is 9.17. The molecule has 0 spiro atoms. The van der Waals surface area contributed by atoms with Crippen molar-refractivity contribution in [2.45, 2.75) is 20.1 Å². The summed E-state index contributed by atoms with van der Waals surface area (Å²) in [5.74, 6) is 0. The lowest BCUT2D eigenvalue weighted by Gasteiger charge is -2.16. The van der Waals surface area contributed by atoms with Crippen LogP contribution in [0.2, 0.25) is 5.02 Å². The van der Waals surface area contributed by atoms with E-state index in [0.29, 0.717) is 18.2 Å². The van der Waals surface area contributed by atoms with Crippen LogP contribution >= 0.6 is 11.6 Å². The monoisotopic (exact) mass is 213 g/mol. The Morgan fingerprint density at radius 2 is 2.00 bits per heavy atom. The highest BCUT2D eigenvalue weighted by atomic mass is 35.5. The fourth-order valence-electron chi connectivity index (χ4n) is 1.12. The van der Waals surface area contributed by atoms with Gasteiger partial charge in [0.2, 0.25) is 0 Å². The second-order valence-corrected chi connectivity index (χ2v) is 3.14. The third-order valence-corrected chi connectivity index (χ3v) is 1.91. The molecule has 2 nitrogen and oxygen atoms in total. The van der Waals surface area contributed by atoms with Crippen LogP contribution in [0.3, 0.4) is 0 Å². The van der Waals surface area contributed by atoms with Gasteiger partial charge in [0, 0.05) is 23.8 Å². The van der Waals surface area contributed by atoms with Crippen molar-refractivity contribution in [3.63, 3.8) is 0 Å². The Hall–Kier alpha value is -0.570. The van der Waals surface area contributed by atoms with Crippen molar-refractivity contribution in [2.75, 3.05) is 13.2 Å². The first kappa shape index (κ1) is 11.5. The first-order chi connectivity index (χ1) is 6.77. The SMILES string of the molecule is CCOC(OCC)c1[c]ccc(Cl)c1. The van der Waals surface area contributed by atoms with Gasteiger partial charge in [0.1, 0.15) is 0 Å². The minimum atomic E-state index is -0.358. The molecule has 0 aromatic heterocycles. The van der Waals surface area contributed by atoms with Crippen LogP contribution in [-0.4, -0.2) is 13.2 Å². The molecule has 1 aromatic carbocycles. The van der Waals surface area contributed by atoms with Crippen LogP contribution in [-0.2, 0) is 9.47 Å². The Kier molecular flexibility index (Phi) is 4.94. The summed E-state index contributed by atoms with van der Waals surface area (Å²) >= 11 is 5.86. The number of halogens is 1. The van der Waals surface area contributed by atoms with Gasteiger partial charge in [0.15, 0.2) is 6.29 Å². The van der Waals surface area contributed by atoms with E-state index in [4.69, 9.17) is 21.1 Å². The Bertz CT molecular complexity index is 270. The largest absolute Gasteiger partial charge is 0.349 e. The molecule has 3 heteroatoms. The van der Waals surface area contributed by atoms with Crippen LogP contribution in [0.15, 0.2) is 18.2 Å². The molecule has 0 saturated carbocycles. The van der Waals surface area contributed by atoms with Gasteiger partial charge < -0.3 is 9.47 Å². The number of hydrogen-bond donors (Lipinski definition) is 0. The predicted molar refractivity (Wildman–Crippen MR) is 56.3 cm³/mol. The van der Waals surface area contributed by atoms with E-state index in [0.717, 1.165) is 5.56 Å². The van der Waals surface area contributed by atoms with Crippen molar-refractivity contribution in [3.05, 3.63) is 34.9 Å². The minimum absolute atomic E-state index is 0.358. The van der Waals surface area contributed by atoms with E-state index in [-0.39, 0.29) is 6.29 Å². The van der Waals surface area contributed by atoms with Crippen LogP contribution in [0.5, 0.6) is 0 Å². The topological polar surface area (TPSA) is 18.5 Å². The summed E-state index contributed by atoms with van der Waals surface area (Å²) in [4.78, 5) is 0. The lowest BCUT2D eigenvalue weighted by atomic mass is 10.2. The number of benzene rings is 1. The van der Waals surface area contributed by atoms with Crippen LogP contribution < -0.4 is 0 Å². The molecule has 0 heterocycles. The third-order valence-electron chi connectivity index (χ3n) is 1.68. The molecule has 0 aliphatic heterocycles. The maximum absolute atomic E-state index is 5.86. The lowest BCUT2D eigenvalue weighted by molar-refractivity contribution is -0.140. The summed E-state index contributed by atoms with van der Waals surface area (Å²) in [5.41, 5.74) is 0.834. The van der Waals surface area contributed by atoms with Crippen LogP contribution in [0.25, 0.3) is 0 Å². The summed E-state index contributed by atoms with van der Waals surface area (Å²) in [6.07, 6.45) is -0.358. The molecular weight excluding hydrogens is 200 g/mol. The normalized spacial score (nSPS) is 10.9. The van der Waals surface area contributed by atoms with Gasteiger partial charge in [0.05, 0.1) is 0 Å². The summed E-state index contributed by atoms with van der Waals surface area (Å²) in [7, 11) is 0. The second-order valence-electron chi connectivity index (χ2n) is 2.70. The summed E-state index contributed by atoms with van der Waals surface area (Å²) < 4.78 is 10.8. The molecular formula is C11H14ClO2. The molecule has 0 fully saturated rings. The van der Waals surface area contributed by atoms with Gasteiger partial charge in [-0.05, 0) is 32.0 Å². The van der Waals surface area contributed by atoms with Gasteiger partial charge in [0.25, 0.3) is 0 Å². The van der Waals surface area contributed by atoms with E-state index in [1.54, 1.807) is 18.2 Å². The number of hydrogen-bond acceptors (Lipinski definition) is 2. The average Bonchev–Trinajstić information content (AvgIpc) is 2.17. The molecule has 0 unspecified atom stereocenters. The Balaban J connectivity index is 2.75. The molecule has 0 aliphatic carbocycles. The Morgan fingerprint density at radius 1 is 1.36 bits per heavy atom. The fraction of sp³-hybridized carbons (Fsp3) is 0.455. The minimum Gasteiger partial charge on any atom is -0.349 e. The summed E-state index contributed by atoms with van der Waals surface area (Å²) in [6, 6.07) is 8.39. The van der Waals surface area contributed by atoms with Gasteiger partial charge in [-0.3, -0.25) is 0 Å².